The van der Waals surface area contributed by atoms with Crippen LogP contribution in [0.3, 0.4) is 0 Å². The van der Waals surface area contributed by atoms with E-state index < -0.39 is 5.97 Å². The summed E-state index contributed by atoms with van der Waals surface area (Å²) in [5.41, 5.74) is 0. The van der Waals surface area contributed by atoms with Crippen LogP contribution in [0.5, 0.6) is 0 Å². The van der Waals surface area contributed by atoms with E-state index in [0.29, 0.717) is 6.29 Å². The number of nitrogens with one attached hydrogen (secondary N) is 1. The SMILES string of the molecule is C=CCOC(=O)C=CNCC=O. The number of ether oxygens (including phenoxy) is 1. The van der Waals surface area contributed by atoms with Gasteiger partial charge in [0, 0.05) is 12.3 Å². The lowest BCUT2D eigenvalue weighted by Gasteiger charge is -1.95. The molecule has 0 aliphatic rings. The number of esters is 1. The summed E-state index contributed by atoms with van der Waals surface area (Å²) in [6.45, 7) is 3.76. The normalized spacial score (nSPS) is 9.33. The van der Waals surface area contributed by atoms with Gasteiger partial charge in [-0.05, 0) is 0 Å². The van der Waals surface area contributed by atoms with Crippen molar-refractivity contribution in [2.75, 3.05) is 13.2 Å². The first kappa shape index (κ1) is 10.4. The van der Waals surface area contributed by atoms with Gasteiger partial charge in [-0.3, -0.25) is 0 Å². The first-order valence-electron chi connectivity index (χ1n) is 3.42. The van der Waals surface area contributed by atoms with Crippen LogP contribution in [0.4, 0.5) is 0 Å². The van der Waals surface area contributed by atoms with E-state index in [2.05, 4.69) is 16.6 Å². The van der Waals surface area contributed by atoms with Crippen LogP contribution in [0.25, 0.3) is 0 Å². The van der Waals surface area contributed by atoms with Gasteiger partial charge >= 0.3 is 5.97 Å². The Morgan fingerprint density at radius 1 is 1.58 bits per heavy atom. The Bertz CT molecular complexity index is 187. The summed E-state index contributed by atoms with van der Waals surface area (Å²) in [6.07, 6.45) is 4.73. The molecule has 4 nitrogen and oxygen atoms in total. The predicted octanol–water partition coefficient (Wildman–Crippen LogP) is 0.0178. The van der Waals surface area contributed by atoms with E-state index in [4.69, 9.17) is 0 Å². The molecule has 0 spiro atoms. The minimum atomic E-state index is -0.465. The Balaban J connectivity index is 3.46. The van der Waals surface area contributed by atoms with E-state index in [-0.39, 0.29) is 13.2 Å². The van der Waals surface area contributed by atoms with Gasteiger partial charge in [-0.15, -0.1) is 0 Å². The van der Waals surface area contributed by atoms with Crippen LogP contribution >= 0.6 is 0 Å². The third-order valence-electron chi connectivity index (χ3n) is 0.882. The highest BCUT2D eigenvalue weighted by atomic mass is 16.5. The Hall–Kier alpha value is -1.58. The van der Waals surface area contributed by atoms with Crippen molar-refractivity contribution in [1.82, 2.24) is 5.32 Å². The fourth-order valence-electron chi connectivity index (χ4n) is 0.432. The summed E-state index contributed by atoms with van der Waals surface area (Å²) in [5, 5.41) is 2.57. The van der Waals surface area contributed by atoms with E-state index in [0.717, 1.165) is 0 Å². The smallest absolute Gasteiger partial charge is 0.332 e. The van der Waals surface area contributed by atoms with Crippen molar-refractivity contribution in [2.24, 2.45) is 0 Å². The first-order chi connectivity index (χ1) is 5.81. The summed E-state index contributed by atoms with van der Waals surface area (Å²) in [5.74, 6) is -0.465. The third kappa shape index (κ3) is 6.54. The molecule has 0 atom stereocenters. The molecule has 4 heteroatoms. The highest BCUT2D eigenvalue weighted by molar-refractivity contribution is 5.81. The maximum Gasteiger partial charge on any atom is 0.332 e. The Kier molecular flexibility index (Phi) is 6.54. The topological polar surface area (TPSA) is 55.4 Å². The zero-order chi connectivity index (χ0) is 9.23. The molecule has 0 saturated carbocycles. The van der Waals surface area contributed by atoms with Crippen LogP contribution in [0, 0.1) is 0 Å². The molecule has 0 bridgehead atoms. The fourth-order valence-corrected chi connectivity index (χ4v) is 0.432. The minimum absolute atomic E-state index is 0.186. The second-order valence-electron chi connectivity index (χ2n) is 1.83. The molecule has 0 amide bonds. The molecule has 0 rings (SSSR count). The summed E-state index contributed by atoms with van der Waals surface area (Å²) < 4.78 is 4.60. The lowest BCUT2D eigenvalue weighted by molar-refractivity contribution is -0.136. The van der Waals surface area contributed by atoms with Crippen molar-refractivity contribution >= 4 is 12.3 Å². The summed E-state index contributed by atoms with van der Waals surface area (Å²) in [6, 6.07) is 0. The molecule has 0 aromatic rings. The monoisotopic (exact) mass is 169 g/mol. The van der Waals surface area contributed by atoms with Crippen LogP contribution in [-0.2, 0) is 14.3 Å². The van der Waals surface area contributed by atoms with E-state index in [9.17, 15) is 9.59 Å². The lowest BCUT2D eigenvalue weighted by Crippen LogP contribution is -2.09. The number of hydrogen-bond donors (Lipinski definition) is 1. The second kappa shape index (κ2) is 7.53. The largest absolute Gasteiger partial charge is 0.458 e. The Labute approximate surface area is 70.9 Å². The predicted molar refractivity (Wildman–Crippen MR) is 44.4 cm³/mol. The second-order valence-corrected chi connectivity index (χ2v) is 1.83. The van der Waals surface area contributed by atoms with Crippen LogP contribution in [0.1, 0.15) is 0 Å². The Morgan fingerprint density at radius 3 is 2.92 bits per heavy atom. The number of aldehydes is 1. The molecule has 0 heterocycles. The number of hydrogen-bond acceptors (Lipinski definition) is 4. The van der Waals surface area contributed by atoms with Gasteiger partial charge in [-0.2, -0.15) is 0 Å². The molecule has 0 aromatic heterocycles. The zero-order valence-corrected chi connectivity index (χ0v) is 6.66. The maximum absolute atomic E-state index is 10.7. The molecule has 1 N–H and O–H groups in total. The van der Waals surface area contributed by atoms with Gasteiger partial charge in [0.2, 0.25) is 0 Å². The van der Waals surface area contributed by atoms with Crippen LogP contribution in [-0.4, -0.2) is 25.4 Å². The summed E-state index contributed by atoms with van der Waals surface area (Å²) >= 11 is 0. The van der Waals surface area contributed by atoms with Gasteiger partial charge in [-0.25, -0.2) is 4.79 Å². The van der Waals surface area contributed by atoms with Crippen molar-refractivity contribution in [3.05, 3.63) is 24.9 Å². The number of carbonyl (C=O) groups is 2. The molecule has 0 fully saturated rings. The van der Waals surface area contributed by atoms with Crippen LogP contribution < -0.4 is 5.32 Å². The molecule has 66 valence electrons. The molecular formula is C8H11NO3. The standard InChI is InChI=1S/C8H11NO3/c1-2-7-12-8(11)3-4-9-5-6-10/h2-4,6,9H,1,5,7H2. The molecule has 0 aliphatic carbocycles. The van der Waals surface area contributed by atoms with Gasteiger partial charge in [0.1, 0.15) is 12.9 Å². The minimum Gasteiger partial charge on any atom is -0.458 e. The van der Waals surface area contributed by atoms with E-state index >= 15 is 0 Å². The van der Waals surface area contributed by atoms with Crippen LogP contribution in [0.15, 0.2) is 24.9 Å². The van der Waals surface area contributed by atoms with Gasteiger partial charge in [0.05, 0.1) is 6.54 Å². The molecule has 12 heavy (non-hydrogen) atoms. The van der Waals surface area contributed by atoms with Gasteiger partial charge in [0.25, 0.3) is 0 Å². The molecule has 0 saturated heterocycles. The van der Waals surface area contributed by atoms with E-state index in [1.54, 1.807) is 0 Å². The number of rotatable bonds is 6. The van der Waals surface area contributed by atoms with Crippen molar-refractivity contribution in [1.29, 1.82) is 0 Å². The lowest BCUT2D eigenvalue weighted by atomic mass is 10.6. The number of carbonyl (C=O) groups excluding carboxylic acids is 2. The van der Waals surface area contributed by atoms with Crippen molar-refractivity contribution in [3.63, 3.8) is 0 Å². The van der Waals surface area contributed by atoms with Gasteiger partial charge in [-0.1, -0.05) is 12.7 Å². The van der Waals surface area contributed by atoms with Gasteiger partial charge in [0.15, 0.2) is 0 Å². The quantitative estimate of drug-likeness (QED) is 0.200. The molecule has 0 unspecified atom stereocenters. The average molecular weight is 169 g/mol. The van der Waals surface area contributed by atoms with Crippen molar-refractivity contribution < 1.29 is 14.3 Å². The highest BCUT2D eigenvalue weighted by Gasteiger charge is 1.91. The third-order valence-corrected chi connectivity index (χ3v) is 0.882. The van der Waals surface area contributed by atoms with E-state index in [1.807, 2.05) is 0 Å². The van der Waals surface area contributed by atoms with Gasteiger partial charge < -0.3 is 14.8 Å². The first-order valence-corrected chi connectivity index (χ1v) is 3.42. The molecule has 0 radical (unpaired) electrons. The molecule has 0 aromatic carbocycles. The van der Waals surface area contributed by atoms with E-state index in [1.165, 1.54) is 18.4 Å². The Morgan fingerprint density at radius 2 is 2.33 bits per heavy atom. The summed E-state index contributed by atoms with van der Waals surface area (Å²) in [4.78, 5) is 20.5. The summed E-state index contributed by atoms with van der Waals surface area (Å²) in [7, 11) is 0. The van der Waals surface area contributed by atoms with Crippen LogP contribution in [0.2, 0.25) is 0 Å². The molecule has 0 aliphatic heterocycles. The highest BCUT2D eigenvalue weighted by Crippen LogP contribution is 1.79. The van der Waals surface area contributed by atoms with Crippen molar-refractivity contribution in [2.45, 2.75) is 0 Å². The fraction of sp³-hybridized carbons (Fsp3) is 0.250. The molecular weight excluding hydrogens is 158 g/mol. The maximum atomic E-state index is 10.7. The average Bonchev–Trinajstić information content (AvgIpc) is 2.09. The van der Waals surface area contributed by atoms with Crippen molar-refractivity contribution in [3.8, 4) is 0 Å². The zero-order valence-electron chi connectivity index (χ0n) is 6.66.